The van der Waals surface area contributed by atoms with E-state index in [2.05, 4.69) is 11.9 Å². The predicted molar refractivity (Wildman–Crippen MR) is 80.9 cm³/mol. The molecule has 1 aromatic heterocycles. The molecule has 1 aromatic rings. The lowest BCUT2D eigenvalue weighted by Gasteiger charge is -2.27. The van der Waals surface area contributed by atoms with Gasteiger partial charge in [-0.05, 0) is 49.4 Å². The quantitative estimate of drug-likeness (QED) is 0.820. The van der Waals surface area contributed by atoms with Gasteiger partial charge in [-0.2, -0.15) is 0 Å². The van der Waals surface area contributed by atoms with E-state index in [1.165, 1.54) is 23.8 Å². The fraction of sp³-hybridized carbons (Fsp3) is 0.533. The van der Waals surface area contributed by atoms with Crippen LogP contribution in [0.1, 0.15) is 29.7 Å². The minimum atomic E-state index is -0.913. The average Bonchev–Trinajstić information content (AvgIpc) is 2.85. The van der Waals surface area contributed by atoms with E-state index in [9.17, 15) is 4.79 Å². The number of likely N-dealkylation sites (N-methyl/N-ethyl adjacent to an activating group) is 1. The van der Waals surface area contributed by atoms with Crippen molar-refractivity contribution in [2.24, 2.45) is 0 Å². The molecule has 0 saturated carbocycles. The Kier molecular flexibility index (Phi) is 5.76. The zero-order valence-corrected chi connectivity index (χ0v) is 12.6. The normalized spacial score (nSPS) is 19.8. The highest BCUT2D eigenvalue weighted by atomic mass is 32.1. The molecule has 0 spiro atoms. The molecule has 1 aliphatic rings. The van der Waals surface area contributed by atoms with E-state index in [4.69, 9.17) is 9.84 Å². The first kappa shape index (κ1) is 15.2. The summed E-state index contributed by atoms with van der Waals surface area (Å²) in [7, 11) is 2.10. The summed E-state index contributed by atoms with van der Waals surface area (Å²) >= 11 is 1.66. The van der Waals surface area contributed by atoms with Crippen LogP contribution in [0, 0.1) is 0 Å². The van der Waals surface area contributed by atoms with E-state index in [1.807, 2.05) is 11.4 Å². The third-order valence-corrected chi connectivity index (χ3v) is 4.25. The maximum atomic E-state index is 10.5. The molecule has 2 rings (SSSR count). The van der Waals surface area contributed by atoms with Crippen molar-refractivity contribution >= 4 is 23.4 Å². The van der Waals surface area contributed by atoms with Crippen LogP contribution in [0.2, 0.25) is 0 Å². The van der Waals surface area contributed by atoms with Crippen molar-refractivity contribution in [2.75, 3.05) is 20.2 Å². The number of ether oxygens (including phenoxy) is 1. The molecule has 1 aliphatic heterocycles. The number of hydrogen-bond acceptors (Lipinski definition) is 4. The molecule has 20 heavy (non-hydrogen) atoms. The minimum Gasteiger partial charge on any atom is -0.478 e. The molecular formula is C15H21NO3S. The Morgan fingerprint density at radius 2 is 2.45 bits per heavy atom. The summed E-state index contributed by atoms with van der Waals surface area (Å²) < 4.78 is 5.74. The number of rotatable bonds is 6. The molecular weight excluding hydrogens is 274 g/mol. The van der Waals surface area contributed by atoms with Gasteiger partial charge >= 0.3 is 5.97 Å². The summed E-state index contributed by atoms with van der Waals surface area (Å²) in [5.41, 5.74) is 0.953. The zero-order valence-electron chi connectivity index (χ0n) is 11.7. The number of thiophene rings is 1. The van der Waals surface area contributed by atoms with Gasteiger partial charge in [0, 0.05) is 30.6 Å². The number of hydrogen-bond donors (Lipinski definition) is 1. The summed E-state index contributed by atoms with van der Waals surface area (Å²) in [5.74, 6) is -0.913. The smallest absolute Gasteiger partial charge is 0.328 e. The van der Waals surface area contributed by atoms with E-state index in [-0.39, 0.29) is 0 Å². The number of carbonyl (C=O) groups is 1. The van der Waals surface area contributed by atoms with Gasteiger partial charge in [-0.15, -0.1) is 11.3 Å². The van der Waals surface area contributed by atoms with E-state index < -0.39 is 5.97 Å². The zero-order chi connectivity index (χ0) is 14.4. The van der Waals surface area contributed by atoms with Gasteiger partial charge in [-0.25, -0.2) is 4.79 Å². The maximum Gasteiger partial charge on any atom is 0.328 e. The van der Waals surface area contributed by atoms with Gasteiger partial charge in [-0.1, -0.05) is 0 Å². The molecule has 0 aromatic carbocycles. The van der Waals surface area contributed by atoms with Crippen molar-refractivity contribution in [1.29, 1.82) is 0 Å². The fourth-order valence-corrected chi connectivity index (χ4v) is 3.30. The van der Waals surface area contributed by atoms with E-state index in [1.54, 1.807) is 17.4 Å². The van der Waals surface area contributed by atoms with Crippen molar-refractivity contribution in [2.45, 2.75) is 31.9 Å². The Morgan fingerprint density at radius 1 is 1.60 bits per heavy atom. The van der Waals surface area contributed by atoms with Crippen molar-refractivity contribution in [1.82, 2.24) is 4.90 Å². The average molecular weight is 295 g/mol. The summed E-state index contributed by atoms with van der Waals surface area (Å²) in [6, 6.07) is 2.04. The Hall–Kier alpha value is -1.17. The fourth-order valence-electron chi connectivity index (χ4n) is 2.37. The first-order chi connectivity index (χ1) is 9.63. The second-order valence-corrected chi connectivity index (χ2v) is 6.20. The Labute approximate surface area is 123 Å². The number of carboxylic acids is 1. The van der Waals surface area contributed by atoms with Crippen LogP contribution in [0.25, 0.3) is 6.08 Å². The highest BCUT2D eigenvalue weighted by Crippen LogP contribution is 2.19. The highest BCUT2D eigenvalue weighted by Gasteiger charge is 2.16. The van der Waals surface area contributed by atoms with Crippen molar-refractivity contribution in [3.63, 3.8) is 0 Å². The standard InChI is InChI=1S/C15H21NO3S/c1-16(9-13-4-2-3-7-19-13)10-14-8-12(11-20-14)5-6-15(17)18/h5-6,8,11,13H,2-4,7,9-10H2,1H3,(H,17,18). The van der Waals surface area contributed by atoms with Crippen LogP contribution in [0.15, 0.2) is 17.5 Å². The molecule has 0 bridgehead atoms. The van der Waals surface area contributed by atoms with Crippen molar-refractivity contribution in [3.8, 4) is 0 Å². The van der Waals surface area contributed by atoms with Crippen LogP contribution < -0.4 is 0 Å². The lowest BCUT2D eigenvalue weighted by molar-refractivity contribution is -0.131. The van der Waals surface area contributed by atoms with Crippen molar-refractivity contribution in [3.05, 3.63) is 28.0 Å². The van der Waals surface area contributed by atoms with Crippen LogP contribution in [0.5, 0.6) is 0 Å². The van der Waals surface area contributed by atoms with Gasteiger partial charge in [-0.3, -0.25) is 4.90 Å². The third kappa shape index (κ3) is 5.07. The minimum absolute atomic E-state index is 0.361. The molecule has 1 N–H and O–H groups in total. The summed E-state index contributed by atoms with van der Waals surface area (Å²) in [6.45, 7) is 2.73. The van der Waals surface area contributed by atoms with Crippen LogP contribution in [-0.4, -0.2) is 42.3 Å². The first-order valence-corrected chi connectivity index (χ1v) is 7.80. The molecule has 5 heteroatoms. The van der Waals surface area contributed by atoms with E-state index in [0.717, 1.165) is 31.7 Å². The second kappa shape index (κ2) is 7.57. The van der Waals surface area contributed by atoms with Gasteiger partial charge in [0.1, 0.15) is 0 Å². The van der Waals surface area contributed by atoms with E-state index >= 15 is 0 Å². The third-order valence-electron chi connectivity index (χ3n) is 3.31. The first-order valence-electron chi connectivity index (χ1n) is 6.92. The van der Waals surface area contributed by atoms with Gasteiger partial charge in [0.2, 0.25) is 0 Å². The lowest BCUT2D eigenvalue weighted by Crippen LogP contribution is -2.32. The molecule has 4 nitrogen and oxygen atoms in total. The second-order valence-electron chi connectivity index (χ2n) is 5.20. The van der Waals surface area contributed by atoms with Gasteiger partial charge in [0.05, 0.1) is 6.10 Å². The van der Waals surface area contributed by atoms with Gasteiger partial charge < -0.3 is 9.84 Å². The molecule has 1 unspecified atom stereocenters. The Balaban J connectivity index is 1.81. The summed E-state index contributed by atoms with van der Waals surface area (Å²) in [6.07, 6.45) is 6.77. The molecule has 110 valence electrons. The summed E-state index contributed by atoms with van der Waals surface area (Å²) in [4.78, 5) is 14.0. The molecule has 2 heterocycles. The van der Waals surface area contributed by atoms with Crippen LogP contribution >= 0.6 is 11.3 Å². The number of nitrogens with zero attached hydrogens (tertiary/aromatic N) is 1. The van der Waals surface area contributed by atoms with Gasteiger partial charge in [0.25, 0.3) is 0 Å². The highest BCUT2D eigenvalue weighted by molar-refractivity contribution is 7.10. The van der Waals surface area contributed by atoms with Crippen LogP contribution in [0.3, 0.4) is 0 Å². The SMILES string of the molecule is CN(Cc1cc(C=CC(=O)O)cs1)CC1CCCCO1. The topological polar surface area (TPSA) is 49.8 Å². The van der Waals surface area contributed by atoms with E-state index in [0.29, 0.717) is 6.10 Å². The molecule has 0 amide bonds. The van der Waals surface area contributed by atoms with Crippen molar-refractivity contribution < 1.29 is 14.6 Å². The van der Waals surface area contributed by atoms with Crippen LogP contribution in [0.4, 0.5) is 0 Å². The molecule has 1 atom stereocenters. The van der Waals surface area contributed by atoms with Gasteiger partial charge in [0.15, 0.2) is 0 Å². The molecule has 0 radical (unpaired) electrons. The molecule has 1 fully saturated rings. The Morgan fingerprint density at radius 3 is 3.15 bits per heavy atom. The monoisotopic (exact) mass is 295 g/mol. The number of aliphatic carboxylic acids is 1. The lowest BCUT2D eigenvalue weighted by atomic mass is 10.1. The molecule has 1 saturated heterocycles. The Bertz CT molecular complexity index is 463. The molecule has 0 aliphatic carbocycles. The largest absolute Gasteiger partial charge is 0.478 e. The van der Waals surface area contributed by atoms with Crippen LogP contribution in [-0.2, 0) is 16.1 Å². The number of carboxylic acid groups (broad SMARTS) is 1. The maximum absolute atomic E-state index is 10.5. The predicted octanol–water partition coefficient (Wildman–Crippen LogP) is 2.85. The summed E-state index contributed by atoms with van der Waals surface area (Å²) in [5, 5.41) is 10.6.